The number of anilines is 1. The molecule has 21 heavy (non-hydrogen) atoms. The first-order chi connectivity index (χ1) is 10.3. The fourth-order valence-electron chi connectivity index (χ4n) is 3.61. The molecule has 3 rings (SSSR count). The molecule has 0 saturated carbocycles. The number of aromatic carboxylic acids is 1. The van der Waals surface area contributed by atoms with Crippen molar-refractivity contribution in [2.24, 2.45) is 0 Å². The maximum atomic E-state index is 11.0. The molecule has 1 aromatic rings. The predicted molar refractivity (Wildman–Crippen MR) is 83.8 cm³/mol. The summed E-state index contributed by atoms with van der Waals surface area (Å²) in [7, 11) is 0. The van der Waals surface area contributed by atoms with Gasteiger partial charge in [0.2, 0.25) is 0 Å². The molecule has 4 heteroatoms. The summed E-state index contributed by atoms with van der Waals surface area (Å²) in [4.78, 5) is 16.1. The van der Waals surface area contributed by atoms with E-state index in [4.69, 9.17) is 5.11 Å². The summed E-state index contributed by atoms with van der Waals surface area (Å²) >= 11 is 0. The van der Waals surface area contributed by atoms with Crippen molar-refractivity contribution in [3.8, 4) is 0 Å². The van der Waals surface area contributed by atoms with Gasteiger partial charge in [-0.15, -0.1) is 0 Å². The molecule has 1 unspecified atom stereocenters. The smallest absolute Gasteiger partial charge is 0.335 e. The van der Waals surface area contributed by atoms with Crippen molar-refractivity contribution in [1.29, 1.82) is 0 Å². The van der Waals surface area contributed by atoms with Gasteiger partial charge < -0.3 is 10.0 Å². The molecule has 1 N–H and O–H groups in total. The number of piperidine rings is 2. The number of hydrogen-bond acceptors (Lipinski definition) is 3. The number of likely N-dealkylation sites (tertiary alicyclic amines) is 1. The van der Waals surface area contributed by atoms with Crippen LogP contribution in [0.4, 0.5) is 5.69 Å². The van der Waals surface area contributed by atoms with Gasteiger partial charge >= 0.3 is 5.97 Å². The van der Waals surface area contributed by atoms with E-state index in [1.54, 1.807) is 12.1 Å². The van der Waals surface area contributed by atoms with Crippen LogP contribution >= 0.6 is 0 Å². The number of benzene rings is 1. The summed E-state index contributed by atoms with van der Waals surface area (Å²) in [6.07, 6.45) is 8.22. The highest BCUT2D eigenvalue weighted by Crippen LogP contribution is 2.28. The lowest BCUT2D eigenvalue weighted by molar-refractivity contribution is 0.0697. The lowest BCUT2D eigenvalue weighted by Gasteiger charge is -2.45. The molecular formula is C17H24N2O2. The molecule has 2 aliphatic heterocycles. The lowest BCUT2D eigenvalue weighted by atomic mass is 10.0. The van der Waals surface area contributed by atoms with Gasteiger partial charge in [-0.3, -0.25) is 4.90 Å². The van der Waals surface area contributed by atoms with Crippen LogP contribution in [0.3, 0.4) is 0 Å². The zero-order valence-corrected chi connectivity index (χ0v) is 12.5. The van der Waals surface area contributed by atoms with Crippen molar-refractivity contribution in [2.75, 3.05) is 24.5 Å². The first-order valence-corrected chi connectivity index (χ1v) is 8.10. The van der Waals surface area contributed by atoms with Crippen LogP contribution in [0.15, 0.2) is 24.3 Å². The molecule has 2 heterocycles. The van der Waals surface area contributed by atoms with Crippen LogP contribution in [0.5, 0.6) is 0 Å². The SMILES string of the molecule is O=C(O)c1ccc(N2CCCCC2N2CCCCC2)cc1. The average molecular weight is 288 g/mol. The van der Waals surface area contributed by atoms with Crippen LogP contribution in [0, 0.1) is 0 Å². The highest BCUT2D eigenvalue weighted by atomic mass is 16.4. The number of hydrogen-bond donors (Lipinski definition) is 1. The zero-order valence-electron chi connectivity index (χ0n) is 12.5. The molecule has 0 radical (unpaired) electrons. The van der Waals surface area contributed by atoms with Crippen molar-refractivity contribution < 1.29 is 9.90 Å². The van der Waals surface area contributed by atoms with Gasteiger partial charge in [0.1, 0.15) is 0 Å². The number of nitrogens with zero attached hydrogens (tertiary/aromatic N) is 2. The first-order valence-electron chi connectivity index (χ1n) is 8.10. The monoisotopic (exact) mass is 288 g/mol. The molecule has 0 aliphatic carbocycles. The fourth-order valence-corrected chi connectivity index (χ4v) is 3.61. The first kappa shape index (κ1) is 14.4. The van der Waals surface area contributed by atoms with Crippen LogP contribution < -0.4 is 4.90 Å². The Balaban J connectivity index is 1.78. The Bertz CT molecular complexity index is 480. The Labute approximate surface area is 126 Å². The van der Waals surface area contributed by atoms with Crippen molar-refractivity contribution in [3.05, 3.63) is 29.8 Å². The highest BCUT2D eigenvalue weighted by Gasteiger charge is 2.28. The van der Waals surface area contributed by atoms with Gasteiger partial charge in [-0.2, -0.15) is 0 Å². The minimum absolute atomic E-state index is 0.366. The Kier molecular flexibility index (Phi) is 4.44. The van der Waals surface area contributed by atoms with Crippen LogP contribution in [0.2, 0.25) is 0 Å². The minimum Gasteiger partial charge on any atom is -0.478 e. The molecule has 0 aromatic heterocycles. The second-order valence-electron chi connectivity index (χ2n) is 6.12. The Hall–Kier alpha value is -1.55. The fraction of sp³-hybridized carbons (Fsp3) is 0.588. The molecule has 2 saturated heterocycles. The number of carbonyl (C=O) groups is 1. The van der Waals surface area contributed by atoms with Crippen LogP contribution in [0.25, 0.3) is 0 Å². The van der Waals surface area contributed by atoms with E-state index in [2.05, 4.69) is 9.80 Å². The van der Waals surface area contributed by atoms with Crippen LogP contribution in [-0.2, 0) is 0 Å². The number of rotatable bonds is 3. The van der Waals surface area contributed by atoms with E-state index < -0.39 is 5.97 Å². The third-order valence-electron chi connectivity index (χ3n) is 4.73. The van der Waals surface area contributed by atoms with Crippen LogP contribution in [-0.4, -0.2) is 41.8 Å². The number of carboxylic acid groups (broad SMARTS) is 1. The highest BCUT2D eigenvalue weighted by molar-refractivity contribution is 5.88. The van der Waals surface area contributed by atoms with E-state index in [-0.39, 0.29) is 0 Å². The van der Waals surface area contributed by atoms with Gasteiger partial charge in [-0.25, -0.2) is 4.79 Å². The van der Waals surface area contributed by atoms with E-state index >= 15 is 0 Å². The van der Waals surface area contributed by atoms with Gasteiger partial charge in [0, 0.05) is 25.3 Å². The second-order valence-corrected chi connectivity index (χ2v) is 6.12. The summed E-state index contributed by atoms with van der Waals surface area (Å²) in [5.74, 6) is -0.854. The zero-order chi connectivity index (χ0) is 14.7. The minimum atomic E-state index is -0.854. The molecule has 1 aromatic carbocycles. The summed E-state index contributed by atoms with van der Waals surface area (Å²) in [5, 5.41) is 9.02. The molecule has 0 spiro atoms. The molecule has 0 bridgehead atoms. The van der Waals surface area contributed by atoms with E-state index in [0.29, 0.717) is 11.7 Å². The molecular weight excluding hydrogens is 264 g/mol. The van der Waals surface area contributed by atoms with E-state index in [1.807, 2.05) is 12.1 Å². The molecule has 2 aliphatic rings. The molecule has 114 valence electrons. The van der Waals surface area contributed by atoms with Crippen molar-refractivity contribution in [3.63, 3.8) is 0 Å². The third-order valence-corrected chi connectivity index (χ3v) is 4.73. The summed E-state index contributed by atoms with van der Waals surface area (Å²) < 4.78 is 0. The number of carboxylic acids is 1. The molecule has 1 atom stereocenters. The van der Waals surface area contributed by atoms with Gasteiger partial charge in [0.05, 0.1) is 11.7 Å². The van der Waals surface area contributed by atoms with Crippen molar-refractivity contribution in [2.45, 2.75) is 44.7 Å². The van der Waals surface area contributed by atoms with Crippen LogP contribution in [0.1, 0.15) is 48.9 Å². The summed E-state index contributed by atoms with van der Waals surface area (Å²) in [5.41, 5.74) is 1.53. The van der Waals surface area contributed by atoms with Gasteiger partial charge in [-0.1, -0.05) is 6.42 Å². The standard InChI is InChI=1S/C17H24N2O2/c20-17(21)14-7-9-15(10-8-14)19-13-5-2-6-16(19)18-11-3-1-4-12-18/h7-10,16H,1-6,11-13H2,(H,20,21). The maximum absolute atomic E-state index is 11.0. The van der Waals surface area contributed by atoms with Crippen molar-refractivity contribution in [1.82, 2.24) is 4.90 Å². The van der Waals surface area contributed by atoms with E-state index in [1.165, 1.54) is 51.6 Å². The lowest BCUT2D eigenvalue weighted by Crippen LogP contribution is -2.52. The second kappa shape index (κ2) is 6.48. The Morgan fingerprint density at radius 3 is 2.29 bits per heavy atom. The normalized spacial score (nSPS) is 24.0. The quantitative estimate of drug-likeness (QED) is 0.927. The van der Waals surface area contributed by atoms with E-state index in [0.717, 1.165) is 12.2 Å². The largest absolute Gasteiger partial charge is 0.478 e. The average Bonchev–Trinajstić information content (AvgIpc) is 2.56. The van der Waals surface area contributed by atoms with E-state index in [9.17, 15) is 4.79 Å². The predicted octanol–water partition coefficient (Wildman–Crippen LogP) is 3.19. The molecule has 0 amide bonds. The van der Waals surface area contributed by atoms with Gasteiger partial charge in [-0.05, 0) is 56.4 Å². The maximum Gasteiger partial charge on any atom is 0.335 e. The molecule has 2 fully saturated rings. The summed E-state index contributed by atoms with van der Waals surface area (Å²) in [6.45, 7) is 3.48. The Morgan fingerprint density at radius 2 is 1.62 bits per heavy atom. The Morgan fingerprint density at radius 1 is 0.952 bits per heavy atom. The topological polar surface area (TPSA) is 43.8 Å². The van der Waals surface area contributed by atoms with Gasteiger partial charge in [0.15, 0.2) is 0 Å². The summed E-state index contributed by atoms with van der Waals surface area (Å²) in [6, 6.07) is 7.37. The molecule has 4 nitrogen and oxygen atoms in total. The third kappa shape index (κ3) is 3.21. The van der Waals surface area contributed by atoms with Gasteiger partial charge in [0.25, 0.3) is 0 Å². The van der Waals surface area contributed by atoms with Crippen molar-refractivity contribution >= 4 is 11.7 Å².